The topological polar surface area (TPSA) is 50.3 Å². The number of aryl methyl sites for hydroxylation is 2. The Labute approximate surface area is 133 Å². The van der Waals surface area contributed by atoms with Crippen LogP contribution in [0.4, 0.5) is 5.69 Å². The summed E-state index contributed by atoms with van der Waals surface area (Å²) in [6.07, 6.45) is 0. The van der Waals surface area contributed by atoms with Crippen molar-refractivity contribution in [3.05, 3.63) is 70.9 Å². The molecule has 0 spiro atoms. The third kappa shape index (κ3) is 1.88. The highest BCUT2D eigenvalue weighted by molar-refractivity contribution is 6.37. The molecule has 0 saturated heterocycles. The largest absolute Gasteiger partial charge is 0.268 e. The van der Waals surface area contributed by atoms with E-state index in [9.17, 15) is 9.59 Å². The van der Waals surface area contributed by atoms with Crippen LogP contribution >= 0.6 is 0 Å². The van der Waals surface area contributed by atoms with E-state index in [2.05, 4.69) is 4.98 Å². The van der Waals surface area contributed by atoms with E-state index >= 15 is 0 Å². The van der Waals surface area contributed by atoms with Gasteiger partial charge in [0.15, 0.2) is 0 Å². The lowest BCUT2D eigenvalue weighted by atomic mass is 10.0. The zero-order valence-electron chi connectivity index (χ0n) is 12.8. The predicted octanol–water partition coefficient (Wildman–Crippen LogP) is 3.65. The average Bonchev–Trinajstić information content (AvgIpc) is 2.81. The lowest BCUT2D eigenvalue weighted by Crippen LogP contribution is -2.29. The molecular weight excluding hydrogens is 288 g/mol. The molecule has 4 heteroatoms. The standard InChI is InChI=1S/C19H14N2O2/c1-11-8-9-15-14(10-11)17-16(12(2)20-15)18(22)21(19(17)23)13-6-4-3-5-7-13/h3-10H,1-2H3. The van der Waals surface area contributed by atoms with Crippen LogP contribution in [0.15, 0.2) is 48.5 Å². The Morgan fingerprint density at radius 2 is 1.57 bits per heavy atom. The second-order valence-electron chi connectivity index (χ2n) is 5.75. The lowest BCUT2D eigenvalue weighted by molar-refractivity contribution is 0.0926. The van der Waals surface area contributed by atoms with Gasteiger partial charge in [-0.15, -0.1) is 0 Å². The normalized spacial score (nSPS) is 13.7. The van der Waals surface area contributed by atoms with E-state index in [-0.39, 0.29) is 11.8 Å². The van der Waals surface area contributed by atoms with Gasteiger partial charge in [-0.2, -0.15) is 0 Å². The van der Waals surface area contributed by atoms with E-state index in [1.54, 1.807) is 19.1 Å². The van der Waals surface area contributed by atoms with E-state index in [0.717, 1.165) is 16.5 Å². The first-order valence-corrected chi connectivity index (χ1v) is 7.42. The summed E-state index contributed by atoms with van der Waals surface area (Å²) in [5, 5.41) is 0.738. The van der Waals surface area contributed by atoms with Gasteiger partial charge in [-0.1, -0.05) is 29.8 Å². The monoisotopic (exact) mass is 302 g/mol. The minimum absolute atomic E-state index is 0.280. The molecule has 0 aliphatic carbocycles. The number of carbonyl (C=O) groups is 2. The molecule has 1 aromatic heterocycles. The van der Waals surface area contributed by atoms with Crippen molar-refractivity contribution in [1.29, 1.82) is 0 Å². The molecule has 3 aromatic rings. The van der Waals surface area contributed by atoms with Crippen molar-refractivity contribution in [2.45, 2.75) is 13.8 Å². The van der Waals surface area contributed by atoms with Crippen molar-refractivity contribution in [2.75, 3.05) is 4.90 Å². The summed E-state index contributed by atoms with van der Waals surface area (Å²) >= 11 is 0. The third-order valence-corrected chi connectivity index (χ3v) is 4.17. The molecule has 1 aliphatic heterocycles. The van der Waals surface area contributed by atoms with E-state index < -0.39 is 0 Å². The number of aromatic nitrogens is 1. The Morgan fingerprint density at radius 3 is 2.30 bits per heavy atom. The molecule has 23 heavy (non-hydrogen) atoms. The number of benzene rings is 2. The summed E-state index contributed by atoms with van der Waals surface area (Å²) in [6, 6.07) is 14.8. The highest BCUT2D eigenvalue weighted by Gasteiger charge is 2.39. The molecule has 2 aromatic carbocycles. The first kappa shape index (κ1) is 13.6. The summed E-state index contributed by atoms with van der Waals surface area (Å²) in [7, 11) is 0. The van der Waals surface area contributed by atoms with Gasteiger partial charge in [-0.3, -0.25) is 14.6 Å². The number of amides is 2. The molecular formula is C19H14N2O2. The summed E-state index contributed by atoms with van der Waals surface area (Å²) in [5.74, 6) is -0.582. The van der Waals surface area contributed by atoms with E-state index in [1.165, 1.54) is 4.90 Å². The molecule has 0 saturated carbocycles. The van der Waals surface area contributed by atoms with E-state index in [4.69, 9.17) is 0 Å². The van der Waals surface area contributed by atoms with Crippen molar-refractivity contribution < 1.29 is 9.59 Å². The van der Waals surface area contributed by atoms with Crippen LogP contribution in [0.5, 0.6) is 0 Å². The lowest BCUT2D eigenvalue weighted by Gasteiger charge is -2.13. The van der Waals surface area contributed by atoms with Gasteiger partial charge in [-0.25, -0.2) is 4.90 Å². The predicted molar refractivity (Wildman–Crippen MR) is 88.8 cm³/mol. The molecule has 0 radical (unpaired) electrons. The number of pyridine rings is 1. The summed E-state index contributed by atoms with van der Waals surface area (Å²) in [4.78, 5) is 31.5. The van der Waals surface area contributed by atoms with Gasteiger partial charge in [0.1, 0.15) is 0 Å². The molecule has 0 N–H and O–H groups in total. The number of imide groups is 1. The van der Waals surface area contributed by atoms with Crippen molar-refractivity contribution in [3.8, 4) is 0 Å². The van der Waals surface area contributed by atoms with Gasteiger partial charge in [0.25, 0.3) is 11.8 Å². The smallest absolute Gasteiger partial charge is 0.268 e. The van der Waals surface area contributed by atoms with Crippen LogP contribution in [0.1, 0.15) is 32.0 Å². The number of carbonyl (C=O) groups excluding carboxylic acids is 2. The molecule has 0 unspecified atom stereocenters. The Balaban J connectivity index is 2.02. The molecule has 4 nitrogen and oxygen atoms in total. The van der Waals surface area contributed by atoms with Crippen LogP contribution in [0, 0.1) is 13.8 Å². The maximum atomic E-state index is 13.0. The third-order valence-electron chi connectivity index (χ3n) is 4.17. The summed E-state index contributed by atoms with van der Waals surface area (Å²) < 4.78 is 0. The molecule has 4 rings (SSSR count). The molecule has 0 bridgehead atoms. The van der Waals surface area contributed by atoms with Gasteiger partial charge in [0.05, 0.1) is 28.0 Å². The minimum atomic E-state index is -0.301. The fourth-order valence-electron chi connectivity index (χ4n) is 3.11. The number of nitrogens with zero attached hydrogens (tertiary/aromatic N) is 2. The Kier molecular flexibility index (Phi) is 2.81. The van der Waals surface area contributed by atoms with Crippen LogP contribution in [-0.2, 0) is 0 Å². The number of anilines is 1. The highest BCUT2D eigenvalue weighted by atomic mass is 16.2. The minimum Gasteiger partial charge on any atom is -0.268 e. The number of hydrogen-bond acceptors (Lipinski definition) is 3. The Hall–Kier alpha value is -3.01. The Bertz CT molecular complexity index is 978. The molecule has 0 fully saturated rings. The van der Waals surface area contributed by atoms with Crippen LogP contribution in [0.3, 0.4) is 0 Å². The van der Waals surface area contributed by atoms with E-state index in [0.29, 0.717) is 22.5 Å². The van der Waals surface area contributed by atoms with Gasteiger partial charge in [-0.05, 0) is 38.1 Å². The summed E-state index contributed by atoms with van der Waals surface area (Å²) in [5.41, 5.74) is 3.82. The molecule has 0 atom stereocenters. The molecule has 2 amide bonds. The van der Waals surface area contributed by atoms with Crippen LogP contribution in [0.2, 0.25) is 0 Å². The van der Waals surface area contributed by atoms with Crippen LogP contribution < -0.4 is 4.90 Å². The van der Waals surface area contributed by atoms with Gasteiger partial charge >= 0.3 is 0 Å². The SMILES string of the molecule is Cc1ccc2nc(C)c3c(c2c1)C(=O)N(c1ccccc1)C3=O. The van der Waals surface area contributed by atoms with Gasteiger partial charge < -0.3 is 0 Å². The van der Waals surface area contributed by atoms with Crippen LogP contribution in [-0.4, -0.2) is 16.8 Å². The fraction of sp³-hybridized carbons (Fsp3) is 0.105. The number of fused-ring (bicyclic) bond motifs is 3. The maximum absolute atomic E-state index is 13.0. The van der Waals surface area contributed by atoms with Crippen molar-refractivity contribution in [1.82, 2.24) is 4.98 Å². The first-order valence-electron chi connectivity index (χ1n) is 7.42. The number of para-hydroxylation sites is 1. The maximum Gasteiger partial charge on any atom is 0.268 e. The summed E-state index contributed by atoms with van der Waals surface area (Å²) in [6.45, 7) is 3.74. The zero-order chi connectivity index (χ0) is 16.1. The fourth-order valence-corrected chi connectivity index (χ4v) is 3.11. The number of rotatable bonds is 1. The second-order valence-corrected chi connectivity index (χ2v) is 5.75. The second kappa shape index (κ2) is 4.74. The van der Waals surface area contributed by atoms with E-state index in [1.807, 2.05) is 43.3 Å². The molecule has 2 heterocycles. The zero-order valence-corrected chi connectivity index (χ0v) is 12.8. The highest BCUT2D eigenvalue weighted by Crippen LogP contribution is 2.34. The molecule has 1 aliphatic rings. The number of hydrogen-bond donors (Lipinski definition) is 0. The van der Waals surface area contributed by atoms with Crippen molar-refractivity contribution in [3.63, 3.8) is 0 Å². The quantitative estimate of drug-likeness (QED) is 0.645. The molecule has 112 valence electrons. The average molecular weight is 302 g/mol. The van der Waals surface area contributed by atoms with Crippen molar-refractivity contribution >= 4 is 28.4 Å². The van der Waals surface area contributed by atoms with Crippen LogP contribution in [0.25, 0.3) is 10.9 Å². The van der Waals surface area contributed by atoms with Gasteiger partial charge in [0, 0.05) is 5.39 Å². The Morgan fingerprint density at radius 1 is 0.870 bits per heavy atom. The van der Waals surface area contributed by atoms with Gasteiger partial charge in [0.2, 0.25) is 0 Å². The first-order chi connectivity index (χ1) is 11.1. The van der Waals surface area contributed by atoms with Crippen molar-refractivity contribution in [2.24, 2.45) is 0 Å².